The smallest absolute Gasteiger partial charge is 0.103 e. The van der Waals surface area contributed by atoms with Gasteiger partial charge in [-0.25, -0.2) is 0 Å². The molecule has 17 heavy (non-hydrogen) atoms. The predicted octanol–water partition coefficient (Wildman–Crippen LogP) is 2.26. The summed E-state index contributed by atoms with van der Waals surface area (Å²) in [5, 5.41) is 0. The van der Waals surface area contributed by atoms with Gasteiger partial charge < -0.3 is 15.2 Å². The normalized spacial score (nSPS) is 12.4. The van der Waals surface area contributed by atoms with E-state index in [2.05, 4.69) is 0 Å². The second kappa shape index (κ2) is 7.37. The number of hydrogen-bond donors (Lipinski definition) is 1. The van der Waals surface area contributed by atoms with Crippen LogP contribution in [0.1, 0.15) is 25.0 Å². The number of thiocarbonyl (C=S) groups is 1. The molecule has 2 N–H and O–H groups in total. The van der Waals surface area contributed by atoms with Gasteiger partial charge in [0.15, 0.2) is 0 Å². The Hall–Kier alpha value is -0.970. The molecule has 0 bridgehead atoms. The summed E-state index contributed by atoms with van der Waals surface area (Å²) in [4.78, 5) is 0.411. The Balaban J connectivity index is 2.46. The van der Waals surface area contributed by atoms with Crippen LogP contribution in [0.3, 0.4) is 0 Å². The van der Waals surface area contributed by atoms with Gasteiger partial charge in [0, 0.05) is 12.2 Å². The third-order valence-electron chi connectivity index (χ3n) is 2.30. The molecule has 1 aromatic carbocycles. The number of benzene rings is 1. The fourth-order valence-electron chi connectivity index (χ4n) is 1.38. The number of nitrogens with two attached hydrogens (primary N) is 1. The molecule has 0 aliphatic carbocycles. The molecule has 0 aliphatic heterocycles. The first-order chi connectivity index (χ1) is 8.13. The van der Waals surface area contributed by atoms with Crippen molar-refractivity contribution in [1.29, 1.82) is 0 Å². The molecule has 0 heterocycles. The van der Waals surface area contributed by atoms with E-state index < -0.39 is 0 Å². The first-order valence-electron chi connectivity index (χ1n) is 5.71. The highest BCUT2D eigenvalue weighted by molar-refractivity contribution is 7.80. The van der Waals surface area contributed by atoms with E-state index in [-0.39, 0.29) is 6.10 Å². The number of ether oxygens (including phenoxy) is 2. The van der Waals surface area contributed by atoms with Crippen LogP contribution in [0.5, 0.6) is 0 Å². The molecular formula is C13H19NO2S. The summed E-state index contributed by atoms with van der Waals surface area (Å²) in [5.74, 6) is 0. The Morgan fingerprint density at radius 1 is 1.47 bits per heavy atom. The molecule has 3 nitrogen and oxygen atoms in total. The fraction of sp³-hybridized carbons (Fsp3) is 0.462. The third-order valence-corrected chi connectivity index (χ3v) is 2.54. The number of rotatable bonds is 7. The van der Waals surface area contributed by atoms with Gasteiger partial charge in [-0.3, -0.25) is 0 Å². The van der Waals surface area contributed by atoms with Crippen LogP contribution < -0.4 is 5.73 Å². The van der Waals surface area contributed by atoms with Crippen molar-refractivity contribution >= 4 is 17.2 Å². The summed E-state index contributed by atoms with van der Waals surface area (Å²) in [5.41, 5.74) is 7.52. The standard InChI is InChI=1S/C13H19NO2S/c1-3-15-8-10(2)16-9-11-5-4-6-12(7-11)13(14)17/h4-7,10H,3,8-9H2,1-2H3,(H2,14,17). The van der Waals surface area contributed by atoms with Crippen LogP contribution in [-0.2, 0) is 16.1 Å². The van der Waals surface area contributed by atoms with E-state index in [0.717, 1.165) is 11.1 Å². The Labute approximate surface area is 108 Å². The average molecular weight is 253 g/mol. The van der Waals surface area contributed by atoms with Gasteiger partial charge in [0.1, 0.15) is 4.99 Å². The lowest BCUT2D eigenvalue weighted by atomic mass is 10.1. The van der Waals surface area contributed by atoms with E-state index in [4.69, 9.17) is 27.4 Å². The van der Waals surface area contributed by atoms with E-state index in [0.29, 0.717) is 24.8 Å². The van der Waals surface area contributed by atoms with Crippen LogP contribution in [0.4, 0.5) is 0 Å². The lowest BCUT2D eigenvalue weighted by Gasteiger charge is -2.13. The molecule has 0 amide bonds. The highest BCUT2D eigenvalue weighted by Crippen LogP contribution is 2.08. The second-order valence-electron chi connectivity index (χ2n) is 3.85. The molecule has 0 spiro atoms. The van der Waals surface area contributed by atoms with Crippen molar-refractivity contribution in [3.05, 3.63) is 35.4 Å². The molecule has 1 rings (SSSR count). The summed E-state index contributed by atoms with van der Waals surface area (Å²) in [6.07, 6.45) is 0.0865. The maximum Gasteiger partial charge on any atom is 0.103 e. The molecule has 0 radical (unpaired) electrons. The van der Waals surface area contributed by atoms with Gasteiger partial charge in [-0.05, 0) is 25.5 Å². The topological polar surface area (TPSA) is 44.5 Å². The van der Waals surface area contributed by atoms with Gasteiger partial charge in [-0.2, -0.15) is 0 Å². The Kier molecular flexibility index (Phi) is 6.11. The molecule has 0 saturated heterocycles. The average Bonchev–Trinajstić information content (AvgIpc) is 2.34. The third kappa shape index (κ3) is 5.26. The molecule has 1 atom stereocenters. The molecule has 94 valence electrons. The largest absolute Gasteiger partial charge is 0.389 e. The van der Waals surface area contributed by atoms with Crippen LogP contribution in [0, 0.1) is 0 Å². The highest BCUT2D eigenvalue weighted by atomic mass is 32.1. The highest BCUT2D eigenvalue weighted by Gasteiger charge is 2.03. The van der Waals surface area contributed by atoms with Crippen LogP contribution in [0.15, 0.2) is 24.3 Å². The summed E-state index contributed by atoms with van der Waals surface area (Å²) in [6, 6.07) is 7.78. The Bertz CT molecular complexity index is 368. The van der Waals surface area contributed by atoms with Crippen molar-refractivity contribution in [1.82, 2.24) is 0 Å². The number of hydrogen-bond acceptors (Lipinski definition) is 3. The van der Waals surface area contributed by atoms with E-state index in [1.807, 2.05) is 38.1 Å². The van der Waals surface area contributed by atoms with Crippen molar-refractivity contribution < 1.29 is 9.47 Å². The van der Waals surface area contributed by atoms with Crippen molar-refractivity contribution in [3.63, 3.8) is 0 Å². The van der Waals surface area contributed by atoms with Gasteiger partial charge in [0.05, 0.1) is 19.3 Å². The molecule has 4 heteroatoms. The van der Waals surface area contributed by atoms with E-state index in [1.54, 1.807) is 0 Å². The second-order valence-corrected chi connectivity index (χ2v) is 4.29. The zero-order valence-electron chi connectivity index (χ0n) is 10.3. The van der Waals surface area contributed by atoms with Crippen LogP contribution in [0.2, 0.25) is 0 Å². The van der Waals surface area contributed by atoms with E-state index in [1.165, 1.54) is 0 Å². The van der Waals surface area contributed by atoms with Crippen molar-refractivity contribution in [2.45, 2.75) is 26.6 Å². The minimum Gasteiger partial charge on any atom is -0.389 e. The zero-order chi connectivity index (χ0) is 12.7. The first-order valence-corrected chi connectivity index (χ1v) is 6.12. The monoisotopic (exact) mass is 253 g/mol. The Morgan fingerprint density at radius 2 is 2.24 bits per heavy atom. The SMILES string of the molecule is CCOCC(C)OCc1cccc(C(N)=S)c1. The van der Waals surface area contributed by atoms with Crippen LogP contribution >= 0.6 is 12.2 Å². The summed E-state index contributed by atoms with van der Waals surface area (Å²) >= 11 is 4.93. The molecule has 0 aromatic heterocycles. The van der Waals surface area contributed by atoms with E-state index >= 15 is 0 Å². The minimum atomic E-state index is 0.0865. The van der Waals surface area contributed by atoms with Crippen molar-refractivity contribution in [3.8, 4) is 0 Å². The lowest BCUT2D eigenvalue weighted by Crippen LogP contribution is -2.16. The molecular weight excluding hydrogens is 234 g/mol. The van der Waals surface area contributed by atoms with Gasteiger partial charge in [-0.1, -0.05) is 30.4 Å². The van der Waals surface area contributed by atoms with Gasteiger partial charge >= 0.3 is 0 Å². The Morgan fingerprint density at radius 3 is 2.88 bits per heavy atom. The zero-order valence-corrected chi connectivity index (χ0v) is 11.1. The maximum absolute atomic E-state index is 5.66. The molecule has 0 fully saturated rings. The molecule has 1 aromatic rings. The summed E-state index contributed by atoms with van der Waals surface area (Å²) < 4.78 is 10.9. The minimum absolute atomic E-state index is 0.0865. The first kappa shape index (κ1) is 14.1. The van der Waals surface area contributed by atoms with Crippen LogP contribution in [0.25, 0.3) is 0 Å². The lowest BCUT2D eigenvalue weighted by molar-refractivity contribution is -0.0116. The summed E-state index contributed by atoms with van der Waals surface area (Å²) in [7, 11) is 0. The van der Waals surface area contributed by atoms with Crippen molar-refractivity contribution in [2.75, 3.05) is 13.2 Å². The van der Waals surface area contributed by atoms with E-state index in [9.17, 15) is 0 Å². The van der Waals surface area contributed by atoms with Crippen molar-refractivity contribution in [2.24, 2.45) is 5.73 Å². The molecule has 1 unspecified atom stereocenters. The molecule has 0 aliphatic rings. The predicted molar refractivity (Wildman–Crippen MR) is 73.1 cm³/mol. The molecule has 0 saturated carbocycles. The van der Waals surface area contributed by atoms with Gasteiger partial charge in [0.25, 0.3) is 0 Å². The fourth-order valence-corrected chi connectivity index (χ4v) is 1.51. The quantitative estimate of drug-likeness (QED) is 0.757. The van der Waals surface area contributed by atoms with Gasteiger partial charge in [0.2, 0.25) is 0 Å². The summed E-state index contributed by atoms with van der Waals surface area (Å²) in [6.45, 7) is 5.84. The maximum atomic E-state index is 5.66. The van der Waals surface area contributed by atoms with Crippen LogP contribution in [-0.4, -0.2) is 24.3 Å². The van der Waals surface area contributed by atoms with Gasteiger partial charge in [-0.15, -0.1) is 0 Å².